The zero-order chi connectivity index (χ0) is 16.8. The van der Waals surface area contributed by atoms with Gasteiger partial charge in [0.2, 0.25) is 5.91 Å². The Labute approximate surface area is 141 Å². The molecule has 4 nitrogen and oxygen atoms in total. The Hall–Kier alpha value is -2.72. The van der Waals surface area contributed by atoms with Gasteiger partial charge in [-0.2, -0.15) is 0 Å². The van der Waals surface area contributed by atoms with Crippen LogP contribution in [0.4, 0.5) is 5.69 Å². The lowest BCUT2D eigenvalue weighted by Crippen LogP contribution is -2.24. The van der Waals surface area contributed by atoms with E-state index >= 15 is 0 Å². The van der Waals surface area contributed by atoms with Crippen LogP contribution in [0.3, 0.4) is 0 Å². The average molecular weight is 319 g/mol. The Morgan fingerprint density at radius 3 is 2.71 bits per heavy atom. The molecule has 1 heterocycles. The Kier molecular flexibility index (Phi) is 5.18. The van der Waals surface area contributed by atoms with Gasteiger partial charge in [-0.05, 0) is 49.2 Å². The number of aromatic nitrogens is 1. The third-order valence-corrected chi connectivity index (χ3v) is 4.11. The van der Waals surface area contributed by atoms with Crippen molar-refractivity contribution in [3.8, 4) is 0 Å². The number of anilines is 1. The Bertz CT molecular complexity index is 817. The van der Waals surface area contributed by atoms with Crippen molar-refractivity contribution in [1.29, 1.82) is 0 Å². The molecule has 1 amide bonds. The van der Waals surface area contributed by atoms with Gasteiger partial charge in [0.05, 0.1) is 5.92 Å². The van der Waals surface area contributed by atoms with Crippen molar-refractivity contribution >= 4 is 22.4 Å². The molecule has 0 saturated heterocycles. The van der Waals surface area contributed by atoms with Crippen molar-refractivity contribution in [3.05, 3.63) is 72.6 Å². The van der Waals surface area contributed by atoms with E-state index in [0.29, 0.717) is 0 Å². The Balaban J connectivity index is 1.81. The van der Waals surface area contributed by atoms with E-state index in [1.165, 1.54) is 0 Å². The summed E-state index contributed by atoms with van der Waals surface area (Å²) in [7, 11) is 1.90. The lowest BCUT2D eigenvalue weighted by atomic mass is 9.94. The minimum Gasteiger partial charge on any atom is -0.326 e. The molecule has 3 aromatic rings. The van der Waals surface area contributed by atoms with Crippen LogP contribution in [0, 0.1) is 0 Å². The Morgan fingerprint density at radius 1 is 1.08 bits per heavy atom. The predicted molar refractivity (Wildman–Crippen MR) is 98.1 cm³/mol. The molecule has 0 spiro atoms. The van der Waals surface area contributed by atoms with Crippen LogP contribution in [0.25, 0.3) is 10.8 Å². The molecule has 1 unspecified atom stereocenters. The van der Waals surface area contributed by atoms with Crippen molar-refractivity contribution in [1.82, 2.24) is 10.3 Å². The summed E-state index contributed by atoms with van der Waals surface area (Å²) in [5, 5.41) is 8.30. The fraction of sp³-hybridized carbons (Fsp3) is 0.200. The van der Waals surface area contributed by atoms with Crippen molar-refractivity contribution < 1.29 is 4.79 Å². The molecule has 4 heteroatoms. The molecule has 0 saturated carbocycles. The Morgan fingerprint density at radius 2 is 1.92 bits per heavy atom. The number of hydrogen-bond donors (Lipinski definition) is 2. The first-order valence-corrected chi connectivity index (χ1v) is 8.12. The van der Waals surface area contributed by atoms with Gasteiger partial charge in [0.15, 0.2) is 0 Å². The summed E-state index contributed by atoms with van der Waals surface area (Å²) in [4.78, 5) is 16.9. The molecule has 0 aliphatic rings. The summed E-state index contributed by atoms with van der Waals surface area (Å²) in [6, 6.07) is 17.7. The average Bonchev–Trinajstić information content (AvgIpc) is 2.63. The van der Waals surface area contributed by atoms with Gasteiger partial charge in [-0.15, -0.1) is 0 Å². The first-order valence-electron chi connectivity index (χ1n) is 8.12. The largest absolute Gasteiger partial charge is 0.326 e. The van der Waals surface area contributed by atoms with Crippen molar-refractivity contribution in [2.75, 3.05) is 18.9 Å². The third kappa shape index (κ3) is 3.78. The number of carbonyl (C=O) groups excluding carboxylic acids is 1. The van der Waals surface area contributed by atoms with Crippen molar-refractivity contribution in [2.24, 2.45) is 0 Å². The van der Waals surface area contributed by atoms with Gasteiger partial charge in [0.25, 0.3) is 0 Å². The second-order valence-electron chi connectivity index (χ2n) is 5.78. The highest BCUT2D eigenvalue weighted by Gasteiger charge is 2.20. The predicted octanol–water partition coefficient (Wildman–Crippen LogP) is 3.57. The van der Waals surface area contributed by atoms with E-state index in [0.717, 1.165) is 35.0 Å². The zero-order valence-electron chi connectivity index (χ0n) is 13.7. The maximum atomic E-state index is 12.8. The number of hydrogen-bond acceptors (Lipinski definition) is 3. The van der Waals surface area contributed by atoms with Crippen LogP contribution in [-0.2, 0) is 4.79 Å². The van der Waals surface area contributed by atoms with Gasteiger partial charge in [0, 0.05) is 23.5 Å². The standard InChI is InChI=1S/C20H21N3O/c1-21-11-10-19(15-5-3-2-4-6-15)20(24)23-18-8-7-17-14-22-12-9-16(17)13-18/h2-9,12-14,19,21H,10-11H2,1H3,(H,23,24). The highest BCUT2D eigenvalue weighted by molar-refractivity contribution is 5.97. The number of carbonyl (C=O) groups is 1. The number of pyridine rings is 1. The van der Waals surface area contributed by atoms with Gasteiger partial charge < -0.3 is 10.6 Å². The molecule has 122 valence electrons. The molecule has 1 aromatic heterocycles. The number of fused-ring (bicyclic) bond motifs is 1. The summed E-state index contributed by atoms with van der Waals surface area (Å²) >= 11 is 0. The van der Waals surface area contributed by atoms with E-state index in [-0.39, 0.29) is 11.8 Å². The second-order valence-corrected chi connectivity index (χ2v) is 5.78. The molecule has 2 aromatic carbocycles. The van der Waals surface area contributed by atoms with E-state index in [9.17, 15) is 4.79 Å². The summed E-state index contributed by atoms with van der Waals surface area (Å²) in [6.45, 7) is 0.788. The summed E-state index contributed by atoms with van der Waals surface area (Å²) in [5.41, 5.74) is 1.85. The number of rotatable bonds is 6. The third-order valence-electron chi connectivity index (χ3n) is 4.11. The summed E-state index contributed by atoms with van der Waals surface area (Å²) in [5.74, 6) is -0.156. The van der Waals surface area contributed by atoms with Gasteiger partial charge in [-0.1, -0.05) is 36.4 Å². The molecule has 0 aliphatic carbocycles. The first-order chi connectivity index (χ1) is 11.8. The van der Waals surface area contributed by atoms with E-state index < -0.39 is 0 Å². The minimum absolute atomic E-state index is 0.0184. The lowest BCUT2D eigenvalue weighted by Gasteiger charge is -2.17. The van der Waals surface area contributed by atoms with E-state index in [4.69, 9.17) is 0 Å². The van der Waals surface area contributed by atoms with Crippen LogP contribution in [0.5, 0.6) is 0 Å². The molecular weight excluding hydrogens is 298 g/mol. The SMILES string of the molecule is CNCCC(C(=O)Nc1ccc2cnccc2c1)c1ccccc1. The normalized spacial score (nSPS) is 12.0. The van der Waals surface area contributed by atoms with Gasteiger partial charge in [0.1, 0.15) is 0 Å². The van der Waals surface area contributed by atoms with E-state index in [1.807, 2.05) is 67.8 Å². The van der Waals surface area contributed by atoms with Crippen LogP contribution < -0.4 is 10.6 Å². The molecule has 0 radical (unpaired) electrons. The molecule has 0 fully saturated rings. The smallest absolute Gasteiger partial charge is 0.231 e. The van der Waals surface area contributed by atoms with Crippen LogP contribution in [0.2, 0.25) is 0 Å². The fourth-order valence-corrected chi connectivity index (χ4v) is 2.81. The molecular formula is C20H21N3O. The molecule has 2 N–H and O–H groups in total. The number of benzene rings is 2. The fourth-order valence-electron chi connectivity index (χ4n) is 2.81. The zero-order valence-corrected chi connectivity index (χ0v) is 13.7. The number of nitrogens with zero attached hydrogens (tertiary/aromatic N) is 1. The topological polar surface area (TPSA) is 54.0 Å². The van der Waals surface area contributed by atoms with Crippen molar-refractivity contribution in [3.63, 3.8) is 0 Å². The van der Waals surface area contributed by atoms with Crippen LogP contribution in [0.1, 0.15) is 17.9 Å². The highest BCUT2D eigenvalue weighted by Crippen LogP contribution is 2.23. The number of nitrogens with one attached hydrogen (secondary N) is 2. The van der Waals surface area contributed by atoms with Crippen LogP contribution in [0.15, 0.2) is 67.0 Å². The summed E-state index contributed by atoms with van der Waals surface area (Å²) in [6.07, 6.45) is 4.33. The van der Waals surface area contributed by atoms with E-state index in [1.54, 1.807) is 6.20 Å². The van der Waals surface area contributed by atoms with Gasteiger partial charge >= 0.3 is 0 Å². The first kappa shape index (κ1) is 16.1. The minimum atomic E-state index is -0.174. The van der Waals surface area contributed by atoms with Crippen LogP contribution >= 0.6 is 0 Å². The molecule has 0 bridgehead atoms. The maximum Gasteiger partial charge on any atom is 0.231 e. The second kappa shape index (κ2) is 7.70. The molecule has 3 rings (SSSR count). The molecule has 24 heavy (non-hydrogen) atoms. The quantitative estimate of drug-likeness (QED) is 0.730. The highest BCUT2D eigenvalue weighted by atomic mass is 16.1. The number of amides is 1. The lowest BCUT2D eigenvalue weighted by molar-refractivity contribution is -0.117. The molecule has 0 aliphatic heterocycles. The summed E-state index contributed by atoms with van der Waals surface area (Å²) < 4.78 is 0. The van der Waals surface area contributed by atoms with E-state index in [2.05, 4.69) is 15.6 Å². The van der Waals surface area contributed by atoms with Crippen molar-refractivity contribution in [2.45, 2.75) is 12.3 Å². The van der Waals surface area contributed by atoms with Crippen LogP contribution in [-0.4, -0.2) is 24.5 Å². The monoisotopic (exact) mass is 319 g/mol. The maximum absolute atomic E-state index is 12.8. The van der Waals surface area contributed by atoms with Gasteiger partial charge in [-0.25, -0.2) is 0 Å². The molecule has 1 atom stereocenters. The van der Waals surface area contributed by atoms with Gasteiger partial charge in [-0.3, -0.25) is 9.78 Å².